The molecule has 0 radical (unpaired) electrons. The highest BCUT2D eigenvalue weighted by Crippen LogP contribution is 2.26. The summed E-state index contributed by atoms with van der Waals surface area (Å²) in [5.74, 6) is 0. The zero-order chi connectivity index (χ0) is 11.1. The van der Waals surface area contributed by atoms with Gasteiger partial charge < -0.3 is 17.5 Å². The third-order valence-electron chi connectivity index (χ3n) is 2.14. The molecule has 0 aliphatic heterocycles. The van der Waals surface area contributed by atoms with Crippen LogP contribution in [0.5, 0.6) is 0 Å². The summed E-state index contributed by atoms with van der Waals surface area (Å²) in [6.45, 7) is -4.85. The molecule has 2 aromatic rings. The average molecular weight is 232 g/mol. The van der Waals surface area contributed by atoms with Crippen molar-refractivity contribution in [1.82, 2.24) is 4.57 Å². The van der Waals surface area contributed by atoms with Gasteiger partial charge in [-0.05, 0) is 18.6 Å². The van der Waals surface area contributed by atoms with E-state index in [0.29, 0.717) is 10.5 Å². The van der Waals surface area contributed by atoms with Gasteiger partial charge in [0.15, 0.2) is 0 Å². The van der Waals surface area contributed by atoms with Gasteiger partial charge in [0.25, 0.3) is 0 Å². The molecule has 0 amide bonds. The van der Waals surface area contributed by atoms with E-state index >= 15 is 0 Å². The van der Waals surface area contributed by atoms with Gasteiger partial charge in [0.05, 0.1) is 10.5 Å². The molecule has 0 saturated heterocycles. The van der Waals surface area contributed by atoms with Crippen LogP contribution in [-0.2, 0) is 6.44 Å². The lowest BCUT2D eigenvalue weighted by Gasteiger charge is -2.16. The number of benzene rings is 1. The van der Waals surface area contributed by atoms with Crippen LogP contribution in [0.1, 0.15) is 0 Å². The molecular weight excluding hydrogens is 225 g/mol. The molecule has 80 valence electrons. The summed E-state index contributed by atoms with van der Waals surface area (Å²) in [5, 5.41) is 1.07. The van der Waals surface area contributed by atoms with Crippen LogP contribution in [-0.4, -0.2) is 11.5 Å². The number of aromatic nitrogens is 1. The van der Waals surface area contributed by atoms with Gasteiger partial charge >= 0.3 is 6.98 Å². The maximum absolute atomic E-state index is 12.3. The molecule has 0 aliphatic rings. The maximum Gasteiger partial charge on any atom is 0.497 e. The summed E-state index contributed by atoms with van der Waals surface area (Å²) in [4.78, 5) is 0. The van der Waals surface area contributed by atoms with E-state index in [-0.39, 0.29) is 0 Å². The predicted octanol–water partition coefficient (Wildman–Crippen LogP) is 3.68. The van der Waals surface area contributed by atoms with Crippen molar-refractivity contribution < 1.29 is 12.9 Å². The summed E-state index contributed by atoms with van der Waals surface area (Å²) < 4.78 is 38.0. The van der Waals surface area contributed by atoms with Crippen LogP contribution in [0.4, 0.5) is 12.9 Å². The minimum Gasteiger partial charge on any atom is -0.448 e. The highest BCUT2D eigenvalue weighted by atomic mass is 35.5. The van der Waals surface area contributed by atoms with E-state index in [4.69, 9.17) is 11.6 Å². The molecule has 0 N–H and O–H groups in total. The zero-order valence-corrected chi connectivity index (χ0v) is 8.39. The number of halogens is 4. The van der Waals surface area contributed by atoms with E-state index in [2.05, 4.69) is 0 Å². The quantitative estimate of drug-likeness (QED) is 0.696. The van der Waals surface area contributed by atoms with E-state index in [1.807, 2.05) is 0 Å². The van der Waals surface area contributed by atoms with Crippen LogP contribution in [0.15, 0.2) is 30.5 Å². The van der Waals surface area contributed by atoms with Crippen molar-refractivity contribution in [1.29, 1.82) is 0 Å². The van der Waals surface area contributed by atoms with Crippen molar-refractivity contribution in [3.8, 4) is 0 Å². The summed E-state index contributed by atoms with van der Waals surface area (Å²) in [7, 11) is 0. The molecule has 0 atom stereocenters. The Bertz CT molecular complexity index is 492. The fraction of sp³-hybridized carbons (Fsp3) is 0.111. The number of nitrogens with zero attached hydrogens (tertiary/aromatic N) is 1. The van der Waals surface area contributed by atoms with Gasteiger partial charge in [-0.2, -0.15) is 0 Å². The lowest BCUT2D eigenvalue weighted by molar-refractivity contribution is 0.448. The number of fused-ring (bicyclic) bond motifs is 1. The van der Waals surface area contributed by atoms with Crippen LogP contribution >= 0.6 is 11.6 Å². The monoisotopic (exact) mass is 232 g/mol. The Kier molecular flexibility index (Phi) is 2.42. The average Bonchev–Trinajstić information content (AvgIpc) is 2.47. The molecule has 0 bridgehead atoms. The first kappa shape index (κ1) is 10.4. The van der Waals surface area contributed by atoms with E-state index in [1.165, 1.54) is 6.20 Å². The summed E-state index contributed by atoms with van der Waals surface area (Å²) in [6, 6.07) is 6.67. The van der Waals surface area contributed by atoms with Crippen molar-refractivity contribution in [3.05, 3.63) is 35.5 Å². The minimum absolute atomic E-state index is 0.345. The van der Waals surface area contributed by atoms with Crippen molar-refractivity contribution in [2.75, 3.05) is 0 Å². The first-order valence-electron chi connectivity index (χ1n) is 4.42. The van der Waals surface area contributed by atoms with Crippen LogP contribution in [0.2, 0.25) is 5.02 Å². The molecule has 15 heavy (non-hydrogen) atoms. The van der Waals surface area contributed by atoms with Crippen LogP contribution in [0.3, 0.4) is 0 Å². The second-order valence-electron chi connectivity index (χ2n) is 3.36. The second-order valence-corrected chi connectivity index (χ2v) is 3.76. The molecule has 1 nitrogen and oxygen atoms in total. The molecule has 1 aromatic carbocycles. The third-order valence-corrected chi connectivity index (χ3v) is 2.45. The zero-order valence-electron chi connectivity index (χ0n) is 7.63. The maximum atomic E-state index is 12.3. The van der Waals surface area contributed by atoms with Gasteiger partial charge in [-0.3, -0.25) is 0 Å². The number of hydrogen-bond acceptors (Lipinski definition) is 0. The third kappa shape index (κ3) is 2.12. The summed E-state index contributed by atoms with van der Waals surface area (Å²) in [5.41, 5.74) is 0.443. The van der Waals surface area contributed by atoms with E-state index in [1.54, 1.807) is 24.3 Å². The Balaban J connectivity index is 2.53. The SMILES string of the molecule is F[B-](F)(F)Cn1ccc2cccc(Cl)c21. The van der Waals surface area contributed by atoms with Crippen molar-refractivity contribution in [2.45, 2.75) is 6.44 Å². The van der Waals surface area contributed by atoms with Gasteiger partial charge in [-0.15, -0.1) is 0 Å². The van der Waals surface area contributed by atoms with Crippen LogP contribution in [0.25, 0.3) is 10.9 Å². The molecule has 0 aliphatic carbocycles. The van der Waals surface area contributed by atoms with E-state index in [9.17, 15) is 12.9 Å². The number of para-hydroxylation sites is 1. The molecule has 0 spiro atoms. The molecule has 6 heteroatoms. The number of rotatable bonds is 2. The van der Waals surface area contributed by atoms with Crippen LogP contribution in [0, 0.1) is 0 Å². The highest BCUT2D eigenvalue weighted by Gasteiger charge is 2.24. The Hall–Kier alpha value is -1.10. The molecule has 0 unspecified atom stereocenters. The molecule has 2 rings (SSSR count). The van der Waals surface area contributed by atoms with Crippen molar-refractivity contribution >= 4 is 29.5 Å². The Labute approximate surface area is 89.5 Å². The predicted molar refractivity (Wildman–Crippen MR) is 56.0 cm³/mol. The standard InChI is InChI=1S/C9H7BClF3N/c11-8-3-1-2-7-4-5-15(9(7)8)6-10(12,13)14/h1-5H,6H2/q-1. The smallest absolute Gasteiger partial charge is 0.448 e. The van der Waals surface area contributed by atoms with Gasteiger partial charge in [0, 0.05) is 11.6 Å². The first-order valence-corrected chi connectivity index (χ1v) is 4.79. The molecule has 0 fully saturated rings. The summed E-state index contributed by atoms with van der Waals surface area (Å²) in [6.07, 6.45) is 0.457. The van der Waals surface area contributed by atoms with Crippen LogP contribution < -0.4 is 0 Å². The fourth-order valence-corrected chi connectivity index (χ4v) is 1.88. The van der Waals surface area contributed by atoms with E-state index < -0.39 is 13.4 Å². The molecular formula is C9H7BClF3N-. The topological polar surface area (TPSA) is 4.93 Å². The number of hydrogen-bond donors (Lipinski definition) is 0. The van der Waals surface area contributed by atoms with Crippen molar-refractivity contribution in [2.24, 2.45) is 0 Å². The first-order chi connectivity index (χ1) is 6.97. The minimum atomic E-state index is -4.85. The lowest BCUT2D eigenvalue weighted by atomic mass is 9.92. The van der Waals surface area contributed by atoms with E-state index in [0.717, 1.165) is 9.95 Å². The molecule has 1 aromatic heterocycles. The summed E-state index contributed by atoms with van der Waals surface area (Å²) >= 11 is 5.85. The van der Waals surface area contributed by atoms with Gasteiger partial charge in [-0.1, -0.05) is 23.7 Å². The van der Waals surface area contributed by atoms with Gasteiger partial charge in [0.1, 0.15) is 0 Å². The van der Waals surface area contributed by atoms with Gasteiger partial charge in [-0.25, -0.2) is 0 Å². The van der Waals surface area contributed by atoms with Gasteiger partial charge in [0.2, 0.25) is 0 Å². The highest BCUT2D eigenvalue weighted by molar-refractivity contribution is 6.57. The second kappa shape index (κ2) is 3.49. The van der Waals surface area contributed by atoms with Crippen molar-refractivity contribution in [3.63, 3.8) is 0 Å². The Morgan fingerprint density at radius 1 is 1.20 bits per heavy atom. The Morgan fingerprint density at radius 3 is 2.60 bits per heavy atom. The fourth-order valence-electron chi connectivity index (χ4n) is 1.59. The Morgan fingerprint density at radius 2 is 1.93 bits per heavy atom. The largest absolute Gasteiger partial charge is 0.497 e. The molecule has 0 saturated carbocycles. The normalized spacial score (nSPS) is 12.3. The molecule has 1 heterocycles. The lowest BCUT2D eigenvalue weighted by Crippen LogP contribution is -2.23.